The van der Waals surface area contributed by atoms with Gasteiger partial charge in [-0.2, -0.15) is 0 Å². The third kappa shape index (κ3) is 2.87. The van der Waals surface area contributed by atoms with Gasteiger partial charge in [0, 0.05) is 6.42 Å². The van der Waals surface area contributed by atoms with Crippen LogP contribution in [0.15, 0.2) is 24.3 Å². The van der Waals surface area contributed by atoms with Gasteiger partial charge in [-0.3, -0.25) is 0 Å². The number of rotatable bonds is 3. The fraction of sp³-hybridized carbons (Fsp3) is 0.300. The second-order valence-electron chi connectivity index (χ2n) is 3.05. The molecule has 0 bridgehead atoms. The summed E-state index contributed by atoms with van der Waals surface area (Å²) in [6.45, 7) is 1.93. The van der Waals surface area contributed by atoms with Gasteiger partial charge >= 0.3 is 5.97 Å². The topological polar surface area (TPSA) is 57.5 Å². The lowest BCUT2D eigenvalue weighted by Crippen LogP contribution is -2.21. The number of aliphatic hydroxyl groups is 1. The van der Waals surface area contributed by atoms with Gasteiger partial charge in [-0.25, -0.2) is 4.79 Å². The Kier molecular flexibility index (Phi) is 3.03. The van der Waals surface area contributed by atoms with Crippen molar-refractivity contribution < 1.29 is 15.0 Å². The first kappa shape index (κ1) is 9.74. The van der Waals surface area contributed by atoms with Crippen LogP contribution in [0.25, 0.3) is 0 Å². The molecule has 2 N–H and O–H groups in total. The smallest absolute Gasteiger partial charge is 0.332 e. The number of benzene rings is 1. The second kappa shape index (κ2) is 4.05. The minimum Gasteiger partial charge on any atom is -0.479 e. The van der Waals surface area contributed by atoms with E-state index < -0.39 is 12.1 Å². The fourth-order valence-electron chi connectivity index (χ4n) is 1.15. The highest BCUT2D eigenvalue weighted by Gasteiger charge is 2.13. The zero-order valence-electron chi connectivity index (χ0n) is 7.40. The van der Waals surface area contributed by atoms with Gasteiger partial charge in [0.15, 0.2) is 6.10 Å². The van der Waals surface area contributed by atoms with Crippen LogP contribution in [-0.2, 0) is 11.2 Å². The largest absolute Gasteiger partial charge is 0.479 e. The monoisotopic (exact) mass is 180 g/mol. The molecule has 3 heteroatoms. The van der Waals surface area contributed by atoms with E-state index in [1.807, 2.05) is 25.1 Å². The molecule has 1 aromatic rings. The molecular weight excluding hydrogens is 168 g/mol. The first-order valence-electron chi connectivity index (χ1n) is 4.06. The van der Waals surface area contributed by atoms with Crippen LogP contribution in [0.3, 0.4) is 0 Å². The maximum Gasteiger partial charge on any atom is 0.332 e. The maximum atomic E-state index is 10.3. The number of carboxylic acids is 1. The summed E-state index contributed by atoms with van der Waals surface area (Å²) in [5, 5.41) is 17.5. The van der Waals surface area contributed by atoms with Gasteiger partial charge in [0.1, 0.15) is 0 Å². The lowest BCUT2D eigenvalue weighted by molar-refractivity contribution is -0.146. The molecule has 0 saturated carbocycles. The summed E-state index contributed by atoms with van der Waals surface area (Å²) in [7, 11) is 0. The van der Waals surface area contributed by atoms with E-state index in [-0.39, 0.29) is 6.42 Å². The lowest BCUT2D eigenvalue weighted by Gasteiger charge is -2.05. The van der Waals surface area contributed by atoms with Crippen LogP contribution in [0.1, 0.15) is 11.1 Å². The Morgan fingerprint density at radius 1 is 1.54 bits per heavy atom. The van der Waals surface area contributed by atoms with Crippen LogP contribution in [-0.4, -0.2) is 22.3 Å². The molecule has 13 heavy (non-hydrogen) atoms. The SMILES string of the molecule is Cc1cccc(C[C@@H](O)C(=O)O)c1. The van der Waals surface area contributed by atoms with Crippen LogP contribution in [0.4, 0.5) is 0 Å². The zero-order valence-corrected chi connectivity index (χ0v) is 7.40. The third-order valence-electron chi connectivity index (χ3n) is 1.80. The molecule has 0 fully saturated rings. The van der Waals surface area contributed by atoms with Gasteiger partial charge in [0.05, 0.1) is 0 Å². The number of aliphatic hydroxyl groups excluding tert-OH is 1. The number of carbonyl (C=O) groups is 1. The van der Waals surface area contributed by atoms with E-state index in [1.165, 1.54) is 0 Å². The zero-order chi connectivity index (χ0) is 9.84. The molecule has 0 heterocycles. The molecule has 1 aromatic carbocycles. The van der Waals surface area contributed by atoms with Crippen LogP contribution < -0.4 is 0 Å². The van der Waals surface area contributed by atoms with Crippen molar-refractivity contribution in [2.24, 2.45) is 0 Å². The molecule has 1 atom stereocenters. The Morgan fingerprint density at radius 2 is 2.23 bits per heavy atom. The van der Waals surface area contributed by atoms with Gasteiger partial charge in [-0.1, -0.05) is 29.8 Å². The fourth-order valence-corrected chi connectivity index (χ4v) is 1.15. The summed E-state index contributed by atoms with van der Waals surface area (Å²) >= 11 is 0. The van der Waals surface area contributed by atoms with Crippen molar-refractivity contribution >= 4 is 5.97 Å². The van der Waals surface area contributed by atoms with Crippen LogP contribution in [0, 0.1) is 6.92 Å². The Morgan fingerprint density at radius 3 is 2.77 bits per heavy atom. The second-order valence-corrected chi connectivity index (χ2v) is 3.05. The maximum absolute atomic E-state index is 10.3. The molecule has 0 unspecified atom stereocenters. The molecule has 0 aliphatic rings. The summed E-state index contributed by atoms with van der Waals surface area (Å²) < 4.78 is 0. The molecule has 0 spiro atoms. The summed E-state index contributed by atoms with van der Waals surface area (Å²) in [5.74, 6) is -1.18. The molecule has 0 aromatic heterocycles. The lowest BCUT2D eigenvalue weighted by atomic mass is 10.1. The summed E-state index contributed by atoms with van der Waals surface area (Å²) in [5.41, 5.74) is 1.91. The van der Waals surface area contributed by atoms with E-state index in [0.29, 0.717) is 0 Å². The summed E-state index contributed by atoms with van der Waals surface area (Å²) in [4.78, 5) is 10.3. The number of aliphatic carboxylic acids is 1. The van der Waals surface area contributed by atoms with E-state index in [2.05, 4.69) is 0 Å². The predicted octanol–water partition coefficient (Wildman–Crippen LogP) is 0.983. The summed E-state index contributed by atoms with van der Waals surface area (Å²) in [6.07, 6.45) is -1.14. The minimum absolute atomic E-state index is 0.164. The summed E-state index contributed by atoms with van der Waals surface area (Å²) in [6, 6.07) is 7.45. The van der Waals surface area contributed by atoms with Gasteiger partial charge in [-0.15, -0.1) is 0 Å². The normalized spacial score (nSPS) is 12.5. The third-order valence-corrected chi connectivity index (χ3v) is 1.80. The van der Waals surface area contributed by atoms with Gasteiger partial charge in [0.25, 0.3) is 0 Å². The average Bonchev–Trinajstić information content (AvgIpc) is 2.04. The number of aryl methyl sites for hydroxylation is 1. The van der Waals surface area contributed by atoms with Crippen molar-refractivity contribution in [3.05, 3.63) is 35.4 Å². The van der Waals surface area contributed by atoms with Crippen LogP contribution in [0.5, 0.6) is 0 Å². The molecule has 0 aliphatic carbocycles. The quantitative estimate of drug-likeness (QED) is 0.729. The molecule has 3 nitrogen and oxygen atoms in total. The minimum atomic E-state index is -1.30. The van der Waals surface area contributed by atoms with Crippen molar-refractivity contribution in [2.75, 3.05) is 0 Å². The molecular formula is C10H12O3. The van der Waals surface area contributed by atoms with Gasteiger partial charge < -0.3 is 10.2 Å². The van der Waals surface area contributed by atoms with E-state index in [4.69, 9.17) is 10.2 Å². The highest BCUT2D eigenvalue weighted by Crippen LogP contribution is 2.06. The first-order chi connectivity index (χ1) is 6.09. The predicted molar refractivity (Wildman–Crippen MR) is 48.5 cm³/mol. The van der Waals surface area contributed by atoms with E-state index >= 15 is 0 Å². The van der Waals surface area contributed by atoms with Crippen molar-refractivity contribution in [3.8, 4) is 0 Å². The van der Waals surface area contributed by atoms with Crippen molar-refractivity contribution in [1.82, 2.24) is 0 Å². The van der Waals surface area contributed by atoms with Crippen LogP contribution in [0.2, 0.25) is 0 Å². The highest BCUT2D eigenvalue weighted by atomic mass is 16.4. The van der Waals surface area contributed by atoms with Crippen molar-refractivity contribution in [2.45, 2.75) is 19.4 Å². The standard InChI is InChI=1S/C10H12O3/c1-7-3-2-4-8(5-7)6-9(11)10(12)13/h2-5,9,11H,6H2,1H3,(H,12,13)/t9-/m1/s1. The Bertz CT molecular complexity index is 307. The molecule has 0 saturated heterocycles. The first-order valence-corrected chi connectivity index (χ1v) is 4.06. The van der Waals surface area contributed by atoms with Gasteiger partial charge in [0.2, 0.25) is 0 Å². The molecule has 0 amide bonds. The van der Waals surface area contributed by atoms with E-state index in [0.717, 1.165) is 11.1 Å². The number of hydrogen-bond donors (Lipinski definition) is 2. The Labute approximate surface area is 76.6 Å². The average molecular weight is 180 g/mol. The van der Waals surface area contributed by atoms with Crippen molar-refractivity contribution in [3.63, 3.8) is 0 Å². The van der Waals surface area contributed by atoms with Gasteiger partial charge in [-0.05, 0) is 12.5 Å². The van der Waals surface area contributed by atoms with E-state index in [1.54, 1.807) is 6.07 Å². The molecule has 0 aliphatic heterocycles. The Balaban J connectivity index is 2.69. The van der Waals surface area contributed by atoms with E-state index in [9.17, 15) is 4.79 Å². The van der Waals surface area contributed by atoms with Crippen LogP contribution >= 0.6 is 0 Å². The Hall–Kier alpha value is -1.35. The molecule has 0 radical (unpaired) electrons. The highest BCUT2D eigenvalue weighted by molar-refractivity contribution is 5.72. The molecule has 70 valence electrons. The number of carboxylic acid groups (broad SMARTS) is 1. The molecule has 1 rings (SSSR count). The van der Waals surface area contributed by atoms with Crippen molar-refractivity contribution in [1.29, 1.82) is 0 Å². The number of hydrogen-bond acceptors (Lipinski definition) is 2.